The molecule has 1 aliphatic heterocycles. The zero-order valence-corrected chi connectivity index (χ0v) is 25.9. The average molecular weight is 650 g/mol. The van der Waals surface area contributed by atoms with Crippen molar-refractivity contribution in [2.24, 2.45) is 0 Å². The monoisotopic (exact) mass is 649 g/mol. The van der Waals surface area contributed by atoms with E-state index in [0.717, 1.165) is 14.8 Å². The standard InChI is InChI=1S/C29H40IN5O4/c1-7-33(28(38)39-29(3,4)5)15-14-31-26(36)19-34(25-13-12-24(30)16-21(25)2)20-27(37)32(6)35-17-22-10-8-9-11-23(22)18-35/h8-13,16H,7,14-15,17-20H2,1-6H3,(H,31,36). The first-order chi connectivity index (χ1) is 18.4. The number of likely N-dealkylation sites (N-methyl/N-ethyl adjacent to an activating group) is 2. The van der Waals surface area contributed by atoms with E-state index in [1.165, 1.54) is 11.1 Å². The number of carbonyl (C=O) groups excluding carboxylic acids is 3. The molecule has 1 N–H and O–H groups in total. The number of aryl methyl sites for hydroxylation is 1. The number of carbonyl (C=O) groups is 3. The van der Waals surface area contributed by atoms with Crippen molar-refractivity contribution in [3.05, 3.63) is 62.7 Å². The van der Waals surface area contributed by atoms with E-state index < -0.39 is 11.7 Å². The van der Waals surface area contributed by atoms with E-state index in [-0.39, 0.29) is 31.4 Å². The van der Waals surface area contributed by atoms with E-state index in [9.17, 15) is 14.4 Å². The third kappa shape index (κ3) is 8.82. The summed E-state index contributed by atoms with van der Waals surface area (Å²) in [6.45, 7) is 11.8. The van der Waals surface area contributed by atoms with Crippen molar-refractivity contribution in [1.29, 1.82) is 0 Å². The molecule has 0 aromatic heterocycles. The van der Waals surface area contributed by atoms with Crippen LogP contribution in [0.5, 0.6) is 0 Å². The molecule has 39 heavy (non-hydrogen) atoms. The van der Waals surface area contributed by atoms with E-state index in [2.05, 4.69) is 40.0 Å². The highest BCUT2D eigenvalue weighted by molar-refractivity contribution is 14.1. The molecule has 0 spiro atoms. The molecular weight excluding hydrogens is 609 g/mol. The minimum atomic E-state index is -0.586. The Morgan fingerprint density at radius 1 is 1.05 bits per heavy atom. The summed E-state index contributed by atoms with van der Waals surface area (Å²) in [6.07, 6.45) is -0.409. The molecule has 2 aromatic carbocycles. The molecule has 0 radical (unpaired) electrons. The quantitative estimate of drug-likeness (QED) is 0.390. The number of anilines is 1. The van der Waals surface area contributed by atoms with E-state index in [1.807, 2.05) is 74.9 Å². The van der Waals surface area contributed by atoms with E-state index in [0.29, 0.717) is 26.2 Å². The van der Waals surface area contributed by atoms with Gasteiger partial charge in [-0.1, -0.05) is 24.3 Å². The summed E-state index contributed by atoms with van der Waals surface area (Å²) in [4.78, 5) is 42.2. The average Bonchev–Trinajstić information content (AvgIpc) is 3.29. The number of nitrogens with one attached hydrogen (secondary N) is 1. The highest BCUT2D eigenvalue weighted by atomic mass is 127. The molecule has 1 heterocycles. The molecule has 0 unspecified atom stereocenters. The number of amides is 3. The molecule has 0 atom stereocenters. The maximum absolute atomic E-state index is 13.4. The third-order valence-corrected chi connectivity index (χ3v) is 7.18. The van der Waals surface area contributed by atoms with Crippen molar-refractivity contribution in [3.63, 3.8) is 0 Å². The van der Waals surface area contributed by atoms with Gasteiger partial charge in [0.1, 0.15) is 5.60 Å². The molecule has 2 aromatic rings. The lowest BCUT2D eigenvalue weighted by Gasteiger charge is -2.32. The summed E-state index contributed by atoms with van der Waals surface area (Å²) in [6, 6.07) is 14.1. The van der Waals surface area contributed by atoms with E-state index >= 15 is 0 Å². The van der Waals surface area contributed by atoms with Crippen LogP contribution in [0.15, 0.2) is 42.5 Å². The molecule has 9 nitrogen and oxygen atoms in total. The number of hydrogen-bond acceptors (Lipinski definition) is 6. The van der Waals surface area contributed by atoms with Gasteiger partial charge >= 0.3 is 6.09 Å². The van der Waals surface area contributed by atoms with Crippen LogP contribution in [0, 0.1) is 10.5 Å². The molecule has 0 fully saturated rings. The Balaban J connectivity index is 1.64. The van der Waals surface area contributed by atoms with Crippen LogP contribution >= 0.6 is 22.6 Å². The van der Waals surface area contributed by atoms with Gasteiger partial charge in [0.15, 0.2) is 0 Å². The number of rotatable bonds is 10. The second-order valence-electron chi connectivity index (χ2n) is 10.7. The highest BCUT2D eigenvalue weighted by Crippen LogP contribution is 2.25. The van der Waals surface area contributed by atoms with Crippen molar-refractivity contribution in [3.8, 4) is 0 Å². The van der Waals surface area contributed by atoms with Crippen molar-refractivity contribution < 1.29 is 19.1 Å². The summed E-state index contributed by atoms with van der Waals surface area (Å²) < 4.78 is 6.52. The molecule has 0 saturated carbocycles. The van der Waals surface area contributed by atoms with Gasteiger partial charge in [-0.05, 0) is 92.1 Å². The van der Waals surface area contributed by atoms with Crippen LogP contribution in [-0.4, -0.2) is 78.2 Å². The van der Waals surface area contributed by atoms with Gasteiger partial charge in [0.25, 0.3) is 5.91 Å². The molecule has 0 saturated heterocycles. The summed E-state index contributed by atoms with van der Waals surface area (Å²) in [5, 5.41) is 6.57. The predicted octanol–water partition coefficient (Wildman–Crippen LogP) is 4.17. The van der Waals surface area contributed by atoms with Gasteiger partial charge in [-0.25, -0.2) is 9.80 Å². The number of halogens is 1. The topological polar surface area (TPSA) is 85.4 Å². The number of nitrogens with zero attached hydrogens (tertiary/aromatic N) is 4. The fourth-order valence-corrected chi connectivity index (χ4v) is 5.06. The van der Waals surface area contributed by atoms with Crippen LogP contribution < -0.4 is 10.2 Å². The zero-order chi connectivity index (χ0) is 28.7. The summed E-state index contributed by atoms with van der Waals surface area (Å²) in [7, 11) is 1.78. The Bertz CT molecular complexity index is 1160. The van der Waals surface area contributed by atoms with E-state index in [1.54, 1.807) is 17.0 Å². The molecule has 1 aliphatic rings. The predicted molar refractivity (Wildman–Crippen MR) is 161 cm³/mol. The van der Waals surface area contributed by atoms with Crippen molar-refractivity contribution in [2.45, 2.75) is 53.3 Å². The maximum Gasteiger partial charge on any atom is 0.410 e. The zero-order valence-electron chi connectivity index (χ0n) is 23.8. The first-order valence-electron chi connectivity index (χ1n) is 13.2. The van der Waals surface area contributed by atoms with Gasteiger partial charge in [-0.2, -0.15) is 0 Å². The van der Waals surface area contributed by atoms with Crippen LogP contribution in [0.1, 0.15) is 44.4 Å². The molecule has 10 heteroatoms. The van der Waals surface area contributed by atoms with Gasteiger partial charge in [0.2, 0.25) is 5.91 Å². The molecule has 0 bridgehead atoms. The van der Waals surface area contributed by atoms with E-state index in [4.69, 9.17) is 4.74 Å². The second kappa shape index (κ2) is 13.5. The van der Waals surface area contributed by atoms with Crippen LogP contribution in [0.2, 0.25) is 0 Å². The fraction of sp³-hybridized carbons (Fsp3) is 0.483. The van der Waals surface area contributed by atoms with Gasteiger partial charge in [0.05, 0.1) is 13.1 Å². The van der Waals surface area contributed by atoms with Crippen molar-refractivity contribution in [1.82, 2.24) is 20.2 Å². The van der Waals surface area contributed by atoms with Crippen molar-refractivity contribution >= 4 is 46.2 Å². The van der Waals surface area contributed by atoms with Gasteiger partial charge in [-0.15, -0.1) is 0 Å². The van der Waals surface area contributed by atoms with Crippen LogP contribution in [0.4, 0.5) is 10.5 Å². The Labute approximate surface area is 245 Å². The lowest BCUT2D eigenvalue weighted by molar-refractivity contribution is -0.145. The molecule has 3 amide bonds. The van der Waals surface area contributed by atoms with Crippen LogP contribution in [-0.2, 0) is 27.4 Å². The van der Waals surface area contributed by atoms with Gasteiger partial charge in [0, 0.05) is 49.0 Å². The molecular formula is C29H40IN5O4. The van der Waals surface area contributed by atoms with Crippen LogP contribution in [0.25, 0.3) is 0 Å². The highest BCUT2D eigenvalue weighted by Gasteiger charge is 2.27. The number of fused-ring (bicyclic) bond motifs is 1. The number of ether oxygens (including phenoxy) is 1. The lowest BCUT2D eigenvalue weighted by atomic mass is 10.1. The second-order valence-corrected chi connectivity index (χ2v) is 12.0. The van der Waals surface area contributed by atoms with Gasteiger partial charge < -0.3 is 19.9 Å². The number of hydrogen-bond donors (Lipinski definition) is 1. The van der Waals surface area contributed by atoms with Crippen molar-refractivity contribution in [2.75, 3.05) is 44.7 Å². The summed E-state index contributed by atoms with van der Waals surface area (Å²) in [5.74, 6) is -0.326. The molecule has 3 rings (SSSR count). The minimum absolute atomic E-state index is 0.0137. The largest absolute Gasteiger partial charge is 0.444 e. The fourth-order valence-electron chi connectivity index (χ4n) is 4.42. The Morgan fingerprint density at radius 3 is 2.26 bits per heavy atom. The Kier molecular flexibility index (Phi) is 10.6. The molecule has 0 aliphatic carbocycles. The Morgan fingerprint density at radius 2 is 1.69 bits per heavy atom. The number of benzene rings is 2. The first-order valence-corrected chi connectivity index (χ1v) is 14.3. The lowest BCUT2D eigenvalue weighted by Crippen LogP contribution is -2.48. The minimum Gasteiger partial charge on any atom is -0.444 e. The first kappa shape index (κ1) is 30.7. The van der Waals surface area contributed by atoms with Crippen LogP contribution in [0.3, 0.4) is 0 Å². The smallest absolute Gasteiger partial charge is 0.410 e. The SMILES string of the molecule is CCN(CCNC(=O)CN(CC(=O)N(C)N1Cc2ccccc2C1)c1ccc(I)cc1C)C(=O)OC(C)(C)C. The van der Waals surface area contributed by atoms with Gasteiger partial charge in [-0.3, -0.25) is 14.6 Å². The summed E-state index contributed by atoms with van der Waals surface area (Å²) in [5.41, 5.74) is 3.67. The molecule has 212 valence electrons. The normalized spacial score (nSPS) is 13.0. The number of hydrazine groups is 1. The summed E-state index contributed by atoms with van der Waals surface area (Å²) >= 11 is 2.25. The Hall–Kier alpha value is -2.86. The third-order valence-electron chi connectivity index (χ3n) is 6.51. The maximum atomic E-state index is 13.4.